The van der Waals surface area contributed by atoms with E-state index in [0.29, 0.717) is 25.1 Å². The maximum absolute atomic E-state index is 12.1. The van der Waals surface area contributed by atoms with Crippen molar-refractivity contribution in [2.45, 2.75) is 52.2 Å². The molecule has 0 aromatic heterocycles. The summed E-state index contributed by atoms with van der Waals surface area (Å²) in [5.74, 6) is -0.284. The first-order valence-corrected chi connectivity index (χ1v) is 7.83. The molecule has 0 saturated carbocycles. The number of carbonyl (C=O) groups excluding carboxylic acids is 1. The number of rotatable bonds is 7. The number of aliphatic carboxylic acids is 1. The highest BCUT2D eigenvalue weighted by atomic mass is 32.2. The fourth-order valence-corrected chi connectivity index (χ4v) is 2.04. The first-order valence-electron chi connectivity index (χ1n) is 6.44. The Kier molecular flexibility index (Phi) is 7.90. The number of hydrogen-bond donors (Lipinski definition) is 1. The predicted molar refractivity (Wildman–Crippen MR) is 77.7 cm³/mol. The summed E-state index contributed by atoms with van der Waals surface area (Å²) < 4.78 is 5.28. The van der Waals surface area contributed by atoms with Gasteiger partial charge in [-0.3, -0.25) is 4.90 Å². The van der Waals surface area contributed by atoms with Gasteiger partial charge in [0.25, 0.3) is 0 Å². The summed E-state index contributed by atoms with van der Waals surface area (Å²) in [5, 5.41) is 9.29. The molecule has 1 unspecified atom stereocenters. The van der Waals surface area contributed by atoms with E-state index in [1.807, 2.05) is 13.2 Å². The molecule has 6 heteroatoms. The Balaban J connectivity index is 4.91. The molecule has 19 heavy (non-hydrogen) atoms. The zero-order valence-electron chi connectivity index (χ0n) is 12.4. The maximum Gasteiger partial charge on any atom is 0.411 e. The minimum Gasteiger partial charge on any atom is -0.480 e. The summed E-state index contributed by atoms with van der Waals surface area (Å²) in [7, 11) is 0. The standard InChI is InChI=1S/C13H25NO4S/c1-6-8-14(12(17)18-13(2,3)4)10(11(15)16)7-9-19-5/h10H,6-9H2,1-5H3,(H,15,16). The third-order valence-corrected chi connectivity index (χ3v) is 2.99. The maximum atomic E-state index is 12.1. The van der Waals surface area contributed by atoms with Crippen LogP contribution in [0.15, 0.2) is 0 Å². The van der Waals surface area contributed by atoms with Crippen LogP contribution < -0.4 is 0 Å². The van der Waals surface area contributed by atoms with Crippen LogP contribution in [0.3, 0.4) is 0 Å². The number of thioether (sulfide) groups is 1. The second-order valence-corrected chi connectivity index (χ2v) is 6.29. The average Bonchev–Trinajstić information content (AvgIpc) is 2.25. The topological polar surface area (TPSA) is 66.8 Å². The van der Waals surface area contributed by atoms with E-state index in [4.69, 9.17) is 4.74 Å². The summed E-state index contributed by atoms with van der Waals surface area (Å²) in [6, 6.07) is -0.817. The fourth-order valence-electron chi connectivity index (χ4n) is 1.58. The number of carboxylic acids is 1. The molecular formula is C13H25NO4S. The molecule has 0 aromatic carbocycles. The van der Waals surface area contributed by atoms with Crippen LogP contribution >= 0.6 is 11.8 Å². The van der Waals surface area contributed by atoms with Crippen molar-refractivity contribution in [2.24, 2.45) is 0 Å². The van der Waals surface area contributed by atoms with Crippen molar-refractivity contribution in [3.8, 4) is 0 Å². The predicted octanol–water partition coefficient (Wildman–Crippen LogP) is 2.84. The van der Waals surface area contributed by atoms with E-state index >= 15 is 0 Å². The van der Waals surface area contributed by atoms with Crippen LogP contribution in [0.4, 0.5) is 4.79 Å². The molecule has 0 radical (unpaired) electrons. The molecule has 0 rings (SSSR count). The quantitative estimate of drug-likeness (QED) is 0.781. The molecule has 0 aromatic rings. The molecule has 0 fully saturated rings. The van der Waals surface area contributed by atoms with Crippen LogP contribution in [0.5, 0.6) is 0 Å². The molecular weight excluding hydrogens is 266 g/mol. The minimum absolute atomic E-state index is 0.389. The fraction of sp³-hybridized carbons (Fsp3) is 0.846. The van der Waals surface area contributed by atoms with Crippen LogP contribution in [0.2, 0.25) is 0 Å². The Morgan fingerprint density at radius 2 is 1.95 bits per heavy atom. The highest BCUT2D eigenvalue weighted by Crippen LogP contribution is 2.15. The van der Waals surface area contributed by atoms with Gasteiger partial charge in [-0.1, -0.05) is 6.92 Å². The number of ether oxygens (including phenoxy) is 1. The second kappa shape index (κ2) is 8.30. The summed E-state index contributed by atoms with van der Waals surface area (Å²) in [6.07, 6.45) is 2.48. The Hall–Kier alpha value is -0.910. The number of hydrogen-bond acceptors (Lipinski definition) is 4. The van der Waals surface area contributed by atoms with Crippen molar-refractivity contribution in [3.63, 3.8) is 0 Å². The highest BCUT2D eigenvalue weighted by Gasteiger charge is 2.31. The highest BCUT2D eigenvalue weighted by molar-refractivity contribution is 7.98. The molecule has 112 valence electrons. The molecule has 1 N–H and O–H groups in total. The largest absolute Gasteiger partial charge is 0.480 e. The Morgan fingerprint density at radius 1 is 1.37 bits per heavy atom. The lowest BCUT2D eigenvalue weighted by molar-refractivity contribution is -0.143. The van der Waals surface area contributed by atoms with Gasteiger partial charge in [-0.25, -0.2) is 9.59 Å². The van der Waals surface area contributed by atoms with Crippen LogP contribution in [-0.2, 0) is 9.53 Å². The molecule has 1 atom stereocenters. The van der Waals surface area contributed by atoms with Crippen LogP contribution in [-0.4, -0.2) is 52.3 Å². The van der Waals surface area contributed by atoms with Crippen LogP contribution in [0, 0.1) is 0 Å². The number of amides is 1. The van der Waals surface area contributed by atoms with Crippen molar-refractivity contribution < 1.29 is 19.4 Å². The number of carbonyl (C=O) groups is 2. The third kappa shape index (κ3) is 7.30. The zero-order chi connectivity index (χ0) is 15.1. The summed E-state index contributed by atoms with van der Waals surface area (Å²) >= 11 is 1.57. The van der Waals surface area contributed by atoms with Crippen molar-refractivity contribution in [1.29, 1.82) is 0 Å². The second-order valence-electron chi connectivity index (χ2n) is 5.31. The van der Waals surface area contributed by atoms with E-state index in [1.54, 1.807) is 32.5 Å². The lowest BCUT2D eigenvalue weighted by atomic mass is 10.2. The minimum atomic E-state index is -0.978. The van der Waals surface area contributed by atoms with Crippen molar-refractivity contribution in [1.82, 2.24) is 4.90 Å². The van der Waals surface area contributed by atoms with Gasteiger partial charge in [-0.15, -0.1) is 0 Å². The molecule has 0 aliphatic carbocycles. The monoisotopic (exact) mass is 291 g/mol. The van der Waals surface area contributed by atoms with Gasteiger partial charge in [0.15, 0.2) is 0 Å². The normalized spacial score (nSPS) is 12.9. The molecule has 1 amide bonds. The molecule has 0 aliphatic rings. The van der Waals surface area contributed by atoms with Gasteiger partial charge in [0, 0.05) is 6.54 Å². The summed E-state index contributed by atoms with van der Waals surface area (Å²) in [4.78, 5) is 24.7. The van der Waals surface area contributed by atoms with Crippen molar-refractivity contribution in [2.75, 3.05) is 18.6 Å². The molecule has 0 saturated heterocycles. The van der Waals surface area contributed by atoms with Crippen molar-refractivity contribution in [3.05, 3.63) is 0 Å². The number of nitrogens with zero attached hydrogens (tertiary/aromatic N) is 1. The van der Waals surface area contributed by atoms with Gasteiger partial charge in [-0.2, -0.15) is 11.8 Å². The van der Waals surface area contributed by atoms with Gasteiger partial charge < -0.3 is 9.84 Å². The van der Waals surface area contributed by atoms with E-state index in [1.165, 1.54) is 4.90 Å². The van der Waals surface area contributed by atoms with Gasteiger partial charge in [0.05, 0.1) is 0 Å². The Bertz CT molecular complexity index is 302. The number of carboxylic acid groups (broad SMARTS) is 1. The van der Waals surface area contributed by atoms with Crippen LogP contribution in [0.1, 0.15) is 40.5 Å². The molecule has 5 nitrogen and oxygen atoms in total. The summed E-state index contributed by atoms with van der Waals surface area (Å²) in [5.41, 5.74) is -0.619. The van der Waals surface area contributed by atoms with E-state index in [0.717, 1.165) is 0 Å². The molecule has 0 heterocycles. The summed E-state index contributed by atoms with van der Waals surface area (Å²) in [6.45, 7) is 7.61. The van der Waals surface area contributed by atoms with Gasteiger partial charge in [0.1, 0.15) is 11.6 Å². The average molecular weight is 291 g/mol. The van der Waals surface area contributed by atoms with Gasteiger partial charge >= 0.3 is 12.1 Å². The van der Waals surface area contributed by atoms with E-state index in [2.05, 4.69) is 0 Å². The molecule has 0 aliphatic heterocycles. The Labute approximate surface area is 119 Å². The lowest BCUT2D eigenvalue weighted by Crippen LogP contribution is -2.47. The first kappa shape index (κ1) is 18.1. The smallest absolute Gasteiger partial charge is 0.411 e. The van der Waals surface area contributed by atoms with E-state index in [-0.39, 0.29) is 0 Å². The third-order valence-electron chi connectivity index (χ3n) is 2.35. The van der Waals surface area contributed by atoms with Gasteiger partial charge in [-0.05, 0) is 45.6 Å². The van der Waals surface area contributed by atoms with Gasteiger partial charge in [0.2, 0.25) is 0 Å². The van der Waals surface area contributed by atoms with Crippen molar-refractivity contribution >= 4 is 23.8 Å². The molecule has 0 bridgehead atoms. The Morgan fingerprint density at radius 3 is 2.32 bits per heavy atom. The zero-order valence-corrected chi connectivity index (χ0v) is 13.2. The van der Waals surface area contributed by atoms with Crippen LogP contribution in [0.25, 0.3) is 0 Å². The first-order chi connectivity index (χ1) is 8.72. The van der Waals surface area contributed by atoms with E-state index in [9.17, 15) is 14.7 Å². The molecule has 0 spiro atoms. The SMILES string of the molecule is CCCN(C(=O)OC(C)(C)C)C(CCSC)C(=O)O. The lowest BCUT2D eigenvalue weighted by Gasteiger charge is -2.31. The van der Waals surface area contributed by atoms with E-state index < -0.39 is 23.7 Å².